The highest BCUT2D eigenvalue weighted by Crippen LogP contribution is 2.03. The minimum absolute atomic E-state index is 0.204. The summed E-state index contributed by atoms with van der Waals surface area (Å²) >= 11 is 0. The molecule has 0 atom stereocenters. The number of rotatable bonds is 3. The molecular weight excluding hydrogens is 186 g/mol. The third-order valence-electron chi connectivity index (χ3n) is 1.75. The van der Waals surface area contributed by atoms with Crippen LogP contribution in [0.15, 0.2) is 18.3 Å². The van der Waals surface area contributed by atoms with E-state index in [-0.39, 0.29) is 5.69 Å². The predicted molar refractivity (Wildman–Crippen MR) is 44.7 cm³/mol. The molecule has 0 aromatic carbocycles. The molecular formula is C7H7N5O2. The monoisotopic (exact) mass is 193 g/mol. The molecule has 2 aromatic heterocycles. The summed E-state index contributed by atoms with van der Waals surface area (Å²) < 4.78 is 1.53. The van der Waals surface area contributed by atoms with E-state index in [2.05, 4.69) is 20.6 Å². The van der Waals surface area contributed by atoms with Gasteiger partial charge in [0.1, 0.15) is 5.69 Å². The Balaban J connectivity index is 2.25. The van der Waals surface area contributed by atoms with Crippen molar-refractivity contribution in [1.29, 1.82) is 0 Å². The minimum atomic E-state index is -0.974. The molecule has 2 heterocycles. The molecule has 14 heavy (non-hydrogen) atoms. The molecule has 0 saturated heterocycles. The van der Waals surface area contributed by atoms with Gasteiger partial charge in [0.15, 0.2) is 5.82 Å². The van der Waals surface area contributed by atoms with Crippen molar-refractivity contribution in [2.75, 3.05) is 0 Å². The van der Waals surface area contributed by atoms with Gasteiger partial charge in [0, 0.05) is 6.20 Å². The molecule has 0 fully saturated rings. The standard InChI is InChI=1S/C7H7N5O2/c13-7(14)5-2-1-3-12(5)4-6-8-10-11-9-6/h1-3H,4H2,(H,13,14)(H,8,9,10,11). The molecule has 0 radical (unpaired) electrons. The number of hydrogen-bond acceptors (Lipinski definition) is 4. The number of carboxylic acid groups (broad SMARTS) is 1. The van der Waals surface area contributed by atoms with E-state index in [0.717, 1.165) is 0 Å². The number of nitrogens with zero attached hydrogens (tertiary/aromatic N) is 4. The van der Waals surface area contributed by atoms with Crippen molar-refractivity contribution >= 4 is 5.97 Å². The van der Waals surface area contributed by atoms with Gasteiger partial charge >= 0.3 is 5.97 Å². The highest BCUT2D eigenvalue weighted by atomic mass is 16.4. The number of tetrazole rings is 1. The summed E-state index contributed by atoms with van der Waals surface area (Å²) in [6.07, 6.45) is 1.65. The van der Waals surface area contributed by atoms with E-state index in [1.807, 2.05) is 0 Å². The van der Waals surface area contributed by atoms with E-state index in [9.17, 15) is 4.79 Å². The lowest BCUT2D eigenvalue weighted by Gasteiger charge is -2.01. The highest BCUT2D eigenvalue weighted by molar-refractivity contribution is 5.85. The van der Waals surface area contributed by atoms with Crippen LogP contribution in [0.3, 0.4) is 0 Å². The highest BCUT2D eigenvalue weighted by Gasteiger charge is 2.09. The maximum atomic E-state index is 10.7. The molecule has 0 saturated carbocycles. The maximum Gasteiger partial charge on any atom is 0.352 e. The summed E-state index contributed by atoms with van der Waals surface area (Å²) in [7, 11) is 0. The number of aromatic amines is 1. The first-order chi connectivity index (χ1) is 6.77. The Hall–Kier alpha value is -2.18. The SMILES string of the molecule is O=C(O)c1cccn1Cc1nn[nH]n1. The molecule has 0 spiro atoms. The topological polar surface area (TPSA) is 96.7 Å². The van der Waals surface area contributed by atoms with Gasteiger partial charge in [0.2, 0.25) is 0 Å². The van der Waals surface area contributed by atoms with Crippen LogP contribution in [0.2, 0.25) is 0 Å². The zero-order valence-electron chi connectivity index (χ0n) is 7.08. The Morgan fingerprint density at radius 3 is 3.14 bits per heavy atom. The molecule has 7 nitrogen and oxygen atoms in total. The summed E-state index contributed by atoms with van der Waals surface area (Å²) in [5, 5.41) is 21.9. The summed E-state index contributed by atoms with van der Waals surface area (Å²) in [5.41, 5.74) is 0.204. The van der Waals surface area contributed by atoms with E-state index in [0.29, 0.717) is 12.4 Å². The van der Waals surface area contributed by atoms with Gasteiger partial charge in [-0.15, -0.1) is 10.2 Å². The molecule has 0 aliphatic rings. The molecule has 0 aliphatic carbocycles. The Morgan fingerprint density at radius 2 is 2.50 bits per heavy atom. The minimum Gasteiger partial charge on any atom is -0.477 e. The fraction of sp³-hybridized carbons (Fsp3) is 0.143. The van der Waals surface area contributed by atoms with Crippen LogP contribution < -0.4 is 0 Å². The molecule has 0 bridgehead atoms. The number of aromatic carboxylic acids is 1. The van der Waals surface area contributed by atoms with Crippen molar-refractivity contribution in [1.82, 2.24) is 25.2 Å². The van der Waals surface area contributed by atoms with E-state index in [1.165, 1.54) is 10.6 Å². The van der Waals surface area contributed by atoms with Crippen molar-refractivity contribution in [2.24, 2.45) is 0 Å². The molecule has 2 rings (SSSR count). The van der Waals surface area contributed by atoms with Crippen molar-refractivity contribution in [3.8, 4) is 0 Å². The van der Waals surface area contributed by atoms with Gasteiger partial charge in [-0.2, -0.15) is 5.21 Å². The Bertz CT molecular complexity index is 433. The third-order valence-corrected chi connectivity index (χ3v) is 1.75. The number of carbonyl (C=O) groups is 1. The lowest BCUT2D eigenvalue weighted by molar-refractivity contribution is 0.0685. The lowest BCUT2D eigenvalue weighted by atomic mass is 10.4. The summed E-state index contributed by atoms with van der Waals surface area (Å²) in [6, 6.07) is 3.17. The Morgan fingerprint density at radius 1 is 1.64 bits per heavy atom. The van der Waals surface area contributed by atoms with Gasteiger partial charge in [0.05, 0.1) is 6.54 Å². The largest absolute Gasteiger partial charge is 0.477 e. The second-order valence-electron chi connectivity index (χ2n) is 2.65. The summed E-state index contributed by atoms with van der Waals surface area (Å²) in [5.74, 6) is -0.526. The normalized spacial score (nSPS) is 10.3. The number of hydrogen-bond donors (Lipinski definition) is 2. The zero-order valence-corrected chi connectivity index (χ0v) is 7.08. The van der Waals surface area contributed by atoms with Crippen LogP contribution >= 0.6 is 0 Å². The van der Waals surface area contributed by atoms with Crippen LogP contribution in [0, 0.1) is 0 Å². The molecule has 0 amide bonds. The fourth-order valence-electron chi connectivity index (χ4n) is 1.15. The first kappa shape index (κ1) is 8.42. The lowest BCUT2D eigenvalue weighted by Crippen LogP contribution is -2.09. The van der Waals surface area contributed by atoms with E-state index in [1.54, 1.807) is 12.3 Å². The second-order valence-corrected chi connectivity index (χ2v) is 2.65. The van der Waals surface area contributed by atoms with Crippen molar-refractivity contribution < 1.29 is 9.90 Å². The molecule has 2 aromatic rings. The number of nitrogens with one attached hydrogen (secondary N) is 1. The second kappa shape index (κ2) is 3.29. The van der Waals surface area contributed by atoms with Crippen LogP contribution in [-0.2, 0) is 6.54 Å². The fourth-order valence-corrected chi connectivity index (χ4v) is 1.15. The van der Waals surface area contributed by atoms with Crippen molar-refractivity contribution in [3.05, 3.63) is 29.8 Å². The van der Waals surface area contributed by atoms with Gasteiger partial charge in [-0.3, -0.25) is 0 Å². The van der Waals surface area contributed by atoms with Gasteiger partial charge in [-0.05, 0) is 12.1 Å². The molecule has 2 N–H and O–H groups in total. The first-order valence-corrected chi connectivity index (χ1v) is 3.88. The third kappa shape index (κ3) is 1.47. The van der Waals surface area contributed by atoms with Gasteiger partial charge in [-0.25, -0.2) is 4.79 Å². The smallest absolute Gasteiger partial charge is 0.352 e. The van der Waals surface area contributed by atoms with Crippen molar-refractivity contribution in [2.45, 2.75) is 6.54 Å². The average molecular weight is 193 g/mol. The molecule has 0 aliphatic heterocycles. The quantitative estimate of drug-likeness (QED) is 0.700. The maximum absolute atomic E-state index is 10.7. The Labute approximate surface area is 78.4 Å². The van der Waals surface area contributed by atoms with Crippen LogP contribution in [0.25, 0.3) is 0 Å². The number of aromatic nitrogens is 5. The van der Waals surface area contributed by atoms with Crippen LogP contribution in [0.4, 0.5) is 0 Å². The zero-order chi connectivity index (χ0) is 9.97. The van der Waals surface area contributed by atoms with Crippen molar-refractivity contribution in [3.63, 3.8) is 0 Å². The van der Waals surface area contributed by atoms with Crippen LogP contribution in [-0.4, -0.2) is 36.3 Å². The molecule has 7 heteroatoms. The molecule has 0 unspecified atom stereocenters. The summed E-state index contributed by atoms with van der Waals surface area (Å²) in [4.78, 5) is 10.7. The predicted octanol–water partition coefficient (Wildman–Crippen LogP) is -0.252. The average Bonchev–Trinajstić information content (AvgIpc) is 2.75. The number of carboxylic acids is 1. The Kier molecular flexibility index (Phi) is 1.98. The van der Waals surface area contributed by atoms with E-state index >= 15 is 0 Å². The van der Waals surface area contributed by atoms with Crippen LogP contribution in [0.1, 0.15) is 16.3 Å². The van der Waals surface area contributed by atoms with Gasteiger partial charge in [0.25, 0.3) is 0 Å². The molecule has 72 valence electrons. The van der Waals surface area contributed by atoms with Crippen LogP contribution in [0.5, 0.6) is 0 Å². The van der Waals surface area contributed by atoms with Gasteiger partial charge in [-0.1, -0.05) is 5.21 Å². The van der Waals surface area contributed by atoms with E-state index < -0.39 is 5.97 Å². The number of H-pyrrole nitrogens is 1. The van der Waals surface area contributed by atoms with E-state index in [4.69, 9.17) is 5.11 Å². The first-order valence-electron chi connectivity index (χ1n) is 3.88. The van der Waals surface area contributed by atoms with Gasteiger partial charge < -0.3 is 9.67 Å². The summed E-state index contributed by atoms with van der Waals surface area (Å²) in [6.45, 7) is 0.297.